The molecule has 1 atom stereocenters. The van der Waals surface area contributed by atoms with Crippen molar-refractivity contribution in [2.45, 2.75) is 50.5 Å². The average molecular weight is 483 g/mol. The van der Waals surface area contributed by atoms with E-state index in [1.807, 2.05) is 22.8 Å². The van der Waals surface area contributed by atoms with Crippen LogP contribution in [0.15, 0.2) is 39.6 Å². The van der Waals surface area contributed by atoms with Crippen LogP contribution in [0.4, 0.5) is 5.82 Å². The Bertz CT molecular complexity index is 1250. The summed E-state index contributed by atoms with van der Waals surface area (Å²) < 4.78 is 29.1. The zero-order chi connectivity index (χ0) is 24.0. The number of rotatable bonds is 3. The molecule has 180 valence electrons. The van der Waals surface area contributed by atoms with Gasteiger partial charge in [-0.05, 0) is 31.9 Å². The number of sulfonamides is 1. The number of fused-ring (bicyclic) bond motifs is 1. The molecule has 5 rings (SSSR count). The van der Waals surface area contributed by atoms with Crippen molar-refractivity contribution in [2.24, 2.45) is 4.40 Å². The fourth-order valence-corrected chi connectivity index (χ4v) is 6.15. The summed E-state index contributed by atoms with van der Waals surface area (Å²) in [4.78, 5) is 29.0. The van der Waals surface area contributed by atoms with Crippen molar-refractivity contribution >= 4 is 27.6 Å². The van der Waals surface area contributed by atoms with Crippen LogP contribution in [-0.4, -0.2) is 78.7 Å². The molecule has 4 heterocycles. The summed E-state index contributed by atoms with van der Waals surface area (Å²) in [7, 11) is -3.71. The summed E-state index contributed by atoms with van der Waals surface area (Å²) in [6.45, 7) is 9.37. The number of anilines is 1. The molecule has 0 saturated carbocycles. The van der Waals surface area contributed by atoms with Crippen LogP contribution in [0.3, 0.4) is 0 Å². The molecule has 1 aromatic carbocycles. The van der Waals surface area contributed by atoms with Crippen LogP contribution >= 0.6 is 0 Å². The maximum absolute atomic E-state index is 13.5. The molecule has 2 aromatic rings. The first-order valence-electron chi connectivity index (χ1n) is 11.8. The van der Waals surface area contributed by atoms with Gasteiger partial charge in [-0.2, -0.15) is 8.42 Å². The third kappa shape index (κ3) is 4.04. The fraction of sp³-hybridized carbons (Fsp3) is 0.500. The Morgan fingerprint density at radius 2 is 1.79 bits per heavy atom. The molecule has 2 saturated heterocycles. The predicted octanol–water partition coefficient (Wildman–Crippen LogP) is 2.17. The predicted molar refractivity (Wildman–Crippen MR) is 130 cm³/mol. The molecule has 3 aliphatic rings. The number of likely N-dealkylation sites (tertiary alicyclic amines) is 1. The second kappa shape index (κ2) is 8.65. The quantitative estimate of drug-likeness (QED) is 0.661. The van der Waals surface area contributed by atoms with Crippen LogP contribution in [-0.2, 0) is 14.8 Å². The molecule has 0 bridgehead atoms. The number of benzene rings is 1. The molecule has 0 N–H and O–H groups in total. The van der Waals surface area contributed by atoms with E-state index in [1.54, 1.807) is 24.3 Å². The van der Waals surface area contributed by atoms with E-state index in [0.717, 1.165) is 23.8 Å². The molecular formula is C24H30N6O3S. The van der Waals surface area contributed by atoms with Crippen LogP contribution < -0.4 is 4.90 Å². The van der Waals surface area contributed by atoms with E-state index in [2.05, 4.69) is 28.1 Å². The standard InChI is InChI=1S/C24H30N6O3S/c1-16(2)22-25-17(3)15-21(26-22)28-11-13-29(14-12-28)24(31)19-8-6-10-30(19)23-18-7-4-5-9-20(18)34(32,33)27-23/h4-5,7,9,15-16,19H,6,8,10-14H2,1-3H3/t19-/m0/s1. The molecule has 34 heavy (non-hydrogen) atoms. The first-order valence-corrected chi connectivity index (χ1v) is 13.3. The highest BCUT2D eigenvalue weighted by atomic mass is 32.2. The molecule has 9 nitrogen and oxygen atoms in total. The molecule has 10 heteroatoms. The molecule has 0 spiro atoms. The lowest BCUT2D eigenvalue weighted by molar-refractivity contribution is -0.135. The second-order valence-corrected chi connectivity index (χ2v) is 11.0. The van der Waals surface area contributed by atoms with E-state index in [0.29, 0.717) is 50.5 Å². The van der Waals surface area contributed by atoms with Gasteiger partial charge in [-0.25, -0.2) is 9.97 Å². The first kappa shape index (κ1) is 22.8. The number of aromatic nitrogens is 2. The zero-order valence-electron chi connectivity index (χ0n) is 19.8. The first-order chi connectivity index (χ1) is 16.2. The lowest BCUT2D eigenvalue weighted by Gasteiger charge is -2.38. The van der Waals surface area contributed by atoms with Crippen molar-refractivity contribution in [2.75, 3.05) is 37.6 Å². The van der Waals surface area contributed by atoms with E-state index in [9.17, 15) is 13.2 Å². The third-order valence-corrected chi connectivity index (χ3v) is 8.04. The molecule has 0 unspecified atom stereocenters. The number of carbonyl (C=O) groups is 1. The Balaban J connectivity index is 1.30. The number of amidine groups is 1. The Kier molecular flexibility index (Phi) is 5.79. The number of piperazine rings is 1. The van der Waals surface area contributed by atoms with Crippen LogP contribution in [0, 0.1) is 6.92 Å². The van der Waals surface area contributed by atoms with Crippen molar-refractivity contribution in [3.05, 3.63) is 47.4 Å². The molecule has 0 aliphatic carbocycles. The summed E-state index contributed by atoms with van der Waals surface area (Å²) in [5.41, 5.74) is 1.54. The van der Waals surface area contributed by atoms with Gasteiger partial charge in [0.15, 0.2) is 5.84 Å². The van der Waals surface area contributed by atoms with Gasteiger partial charge in [0.1, 0.15) is 22.6 Å². The number of hydrogen-bond donors (Lipinski definition) is 0. The highest BCUT2D eigenvalue weighted by Crippen LogP contribution is 2.32. The van der Waals surface area contributed by atoms with Crippen LogP contribution in [0.1, 0.15) is 49.7 Å². The van der Waals surface area contributed by atoms with Crippen molar-refractivity contribution in [1.29, 1.82) is 0 Å². The van der Waals surface area contributed by atoms with Gasteiger partial charge >= 0.3 is 0 Å². The lowest BCUT2D eigenvalue weighted by atomic mass is 10.1. The summed E-state index contributed by atoms with van der Waals surface area (Å²) in [5, 5.41) is 0. The molecule has 1 aromatic heterocycles. The van der Waals surface area contributed by atoms with E-state index < -0.39 is 10.0 Å². The van der Waals surface area contributed by atoms with Crippen molar-refractivity contribution in [1.82, 2.24) is 19.8 Å². The Morgan fingerprint density at radius 3 is 2.53 bits per heavy atom. The van der Waals surface area contributed by atoms with Gasteiger partial charge in [-0.1, -0.05) is 26.0 Å². The zero-order valence-corrected chi connectivity index (χ0v) is 20.6. The number of amides is 1. The maximum Gasteiger partial charge on any atom is 0.285 e. The summed E-state index contributed by atoms with van der Waals surface area (Å²) in [6.07, 6.45) is 1.53. The average Bonchev–Trinajstić information content (AvgIpc) is 3.41. The van der Waals surface area contributed by atoms with Gasteiger partial charge in [0.2, 0.25) is 5.91 Å². The van der Waals surface area contributed by atoms with Crippen molar-refractivity contribution < 1.29 is 13.2 Å². The Labute approximate surface area is 200 Å². The monoisotopic (exact) mass is 482 g/mol. The van der Waals surface area contributed by atoms with Crippen molar-refractivity contribution in [3.63, 3.8) is 0 Å². The smallest absolute Gasteiger partial charge is 0.285 e. The maximum atomic E-state index is 13.5. The Morgan fingerprint density at radius 1 is 1.06 bits per heavy atom. The van der Waals surface area contributed by atoms with Gasteiger partial charge in [-0.3, -0.25) is 4.79 Å². The van der Waals surface area contributed by atoms with E-state index in [-0.39, 0.29) is 22.8 Å². The van der Waals surface area contributed by atoms with Gasteiger partial charge in [0.05, 0.1) is 0 Å². The molecule has 0 radical (unpaired) electrons. The Hall–Kier alpha value is -3.01. The number of hydrogen-bond acceptors (Lipinski definition) is 7. The number of carbonyl (C=O) groups excluding carboxylic acids is 1. The van der Waals surface area contributed by atoms with Gasteiger partial charge in [-0.15, -0.1) is 4.40 Å². The largest absolute Gasteiger partial charge is 0.353 e. The van der Waals surface area contributed by atoms with Crippen LogP contribution in [0.25, 0.3) is 0 Å². The minimum absolute atomic E-state index is 0.0448. The molecule has 3 aliphatic heterocycles. The number of nitrogens with zero attached hydrogens (tertiary/aromatic N) is 6. The second-order valence-electron chi connectivity index (χ2n) is 9.43. The summed E-state index contributed by atoms with van der Waals surface area (Å²) in [5.74, 6) is 2.45. The topological polar surface area (TPSA) is 99.1 Å². The highest BCUT2D eigenvalue weighted by Gasteiger charge is 2.41. The highest BCUT2D eigenvalue weighted by molar-refractivity contribution is 7.90. The van der Waals surface area contributed by atoms with E-state index >= 15 is 0 Å². The minimum Gasteiger partial charge on any atom is -0.353 e. The van der Waals surface area contributed by atoms with Gasteiger partial charge in [0.25, 0.3) is 10.0 Å². The van der Waals surface area contributed by atoms with E-state index in [4.69, 9.17) is 4.98 Å². The molecule has 1 amide bonds. The summed E-state index contributed by atoms with van der Waals surface area (Å²) in [6, 6.07) is 8.46. The SMILES string of the molecule is Cc1cc(N2CCN(C(=O)[C@@H]3CCCN3C3=NS(=O)(=O)c4ccccc43)CC2)nc(C(C)C)n1. The normalized spacial score (nSPS) is 21.7. The lowest BCUT2D eigenvalue weighted by Crippen LogP contribution is -2.54. The number of aryl methyl sites for hydroxylation is 1. The molecule has 2 fully saturated rings. The van der Waals surface area contributed by atoms with E-state index in [1.165, 1.54) is 0 Å². The van der Waals surface area contributed by atoms with Crippen molar-refractivity contribution in [3.8, 4) is 0 Å². The third-order valence-electron chi connectivity index (χ3n) is 6.71. The summed E-state index contributed by atoms with van der Waals surface area (Å²) >= 11 is 0. The fourth-order valence-electron chi connectivity index (χ4n) is 4.93. The molecular weight excluding hydrogens is 452 g/mol. The van der Waals surface area contributed by atoms with Crippen LogP contribution in [0.5, 0.6) is 0 Å². The minimum atomic E-state index is -3.71. The van der Waals surface area contributed by atoms with Crippen LogP contribution in [0.2, 0.25) is 0 Å². The van der Waals surface area contributed by atoms with Gasteiger partial charge in [0, 0.05) is 56.0 Å². The van der Waals surface area contributed by atoms with Gasteiger partial charge < -0.3 is 14.7 Å².